The highest BCUT2D eigenvalue weighted by atomic mass is 16.5. The zero-order valence-electron chi connectivity index (χ0n) is 12.1. The van der Waals surface area contributed by atoms with Crippen molar-refractivity contribution in [3.8, 4) is 0 Å². The molecule has 0 aliphatic rings. The molecular formula is C16H21N3O. The predicted octanol–water partition coefficient (Wildman–Crippen LogP) is 2.66. The molecule has 0 unspecified atom stereocenters. The highest BCUT2D eigenvalue weighted by Crippen LogP contribution is 2.14. The van der Waals surface area contributed by atoms with Crippen molar-refractivity contribution in [2.75, 3.05) is 32.1 Å². The average Bonchev–Trinajstić information content (AvgIpc) is 2.44. The normalized spacial score (nSPS) is 11.3. The van der Waals surface area contributed by atoms with Crippen LogP contribution in [-0.2, 0) is 6.54 Å². The minimum absolute atomic E-state index is 0.294. The SMILES string of the molecule is C[N+](C)([O-])CCN(Cc1ccccc1)c1ccccn1. The van der Waals surface area contributed by atoms with E-state index in [0.29, 0.717) is 13.1 Å². The molecule has 1 aromatic heterocycles. The molecular weight excluding hydrogens is 250 g/mol. The minimum atomic E-state index is -0.294. The molecule has 0 radical (unpaired) electrons. The van der Waals surface area contributed by atoms with Crippen molar-refractivity contribution in [2.45, 2.75) is 6.54 Å². The molecule has 4 heteroatoms. The zero-order chi connectivity index (χ0) is 14.4. The molecule has 2 rings (SSSR count). The van der Waals surface area contributed by atoms with Crippen LogP contribution in [0.1, 0.15) is 5.56 Å². The molecule has 106 valence electrons. The van der Waals surface area contributed by atoms with Gasteiger partial charge in [0, 0.05) is 12.7 Å². The third kappa shape index (κ3) is 4.64. The van der Waals surface area contributed by atoms with Gasteiger partial charge in [-0.25, -0.2) is 4.98 Å². The van der Waals surface area contributed by atoms with E-state index in [1.807, 2.05) is 36.4 Å². The summed E-state index contributed by atoms with van der Waals surface area (Å²) < 4.78 is -0.294. The fourth-order valence-electron chi connectivity index (χ4n) is 1.98. The van der Waals surface area contributed by atoms with Crippen LogP contribution in [0.3, 0.4) is 0 Å². The number of anilines is 1. The van der Waals surface area contributed by atoms with Gasteiger partial charge in [-0.1, -0.05) is 36.4 Å². The van der Waals surface area contributed by atoms with Gasteiger partial charge < -0.3 is 14.8 Å². The van der Waals surface area contributed by atoms with Crippen molar-refractivity contribution in [3.05, 3.63) is 65.5 Å². The van der Waals surface area contributed by atoms with E-state index in [0.717, 1.165) is 12.4 Å². The van der Waals surface area contributed by atoms with E-state index in [4.69, 9.17) is 0 Å². The van der Waals surface area contributed by atoms with Gasteiger partial charge in [0.1, 0.15) is 5.82 Å². The first kappa shape index (κ1) is 14.5. The number of quaternary nitrogens is 1. The summed E-state index contributed by atoms with van der Waals surface area (Å²) in [5.41, 5.74) is 1.22. The van der Waals surface area contributed by atoms with E-state index in [9.17, 15) is 5.21 Å². The van der Waals surface area contributed by atoms with Gasteiger partial charge in [0.05, 0.1) is 27.2 Å². The van der Waals surface area contributed by atoms with E-state index in [-0.39, 0.29) is 4.65 Å². The number of hydrogen-bond acceptors (Lipinski definition) is 3. The predicted molar refractivity (Wildman–Crippen MR) is 82.1 cm³/mol. The van der Waals surface area contributed by atoms with Crippen LogP contribution in [0.25, 0.3) is 0 Å². The van der Waals surface area contributed by atoms with Gasteiger partial charge in [0.15, 0.2) is 0 Å². The summed E-state index contributed by atoms with van der Waals surface area (Å²) in [6.45, 7) is 1.98. The van der Waals surface area contributed by atoms with Gasteiger partial charge in [0.2, 0.25) is 0 Å². The number of hydrogen-bond donors (Lipinski definition) is 0. The highest BCUT2D eigenvalue weighted by molar-refractivity contribution is 5.39. The first-order valence-electron chi connectivity index (χ1n) is 6.78. The molecule has 0 atom stereocenters. The first-order valence-corrected chi connectivity index (χ1v) is 6.78. The van der Waals surface area contributed by atoms with Crippen LogP contribution < -0.4 is 4.90 Å². The van der Waals surface area contributed by atoms with Crippen molar-refractivity contribution < 1.29 is 4.65 Å². The molecule has 0 N–H and O–H groups in total. The van der Waals surface area contributed by atoms with E-state index in [2.05, 4.69) is 22.0 Å². The smallest absolute Gasteiger partial charge is 0.128 e. The summed E-state index contributed by atoms with van der Waals surface area (Å²) in [6.07, 6.45) is 1.78. The molecule has 4 nitrogen and oxygen atoms in total. The number of rotatable bonds is 6. The molecule has 0 saturated heterocycles. The Hall–Kier alpha value is -1.91. The lowest BCUT2D eigenvalue weighted by atomic mass is 10.2. The Labute approximate surface area is 120 Å². The Morgan fingerprint density at radius 3 is 2.35 bits per heavy atom. The minimum Gasteiger partial charge on any atom is -0.633 e. The van der Waals surface area contributed by atoms with Gasteiger partial charge in [-0.05, 0) is 17.7 Å². The number of likely N-dealkylation sites (N-methyl/N-ethyl adjacent to an activating group) is 1. The maximum Gasteiger partial charge on any atom is 0.128 e. The van der Waals surface area contributed by atoms with Crippen LogP contribution in [0.15, 0.2) is 54.7 Å². The van der Waals surface area contributed by atoms with Crippen LogP contribution in [0, 0.1) is 5.21 Å². The fraction of sp³-hybridized carbons (Fsp3) is 0.312. The number of pyridine rings is 1. The van der Waals surface area contributed by atoms with Gasteiger partial charge >= 0.3 is 0 Å². The lowest BCUT2D eigenvalue weighted by molar-refractivity contribution is -0.838. The quantitative estimate of drug-likeness (QED) is 0.599. The van der Waals surface area contributed by atoms with Crippen LogP contribution in [0.4, 0.5) is 5.82 Å². The van der Waals surface area contributed by atoms with Crippen molar-refractivity contribution in [1.82, 2.24) is 4.98 Å². The second kappa shape index (κ2) is 6.50. The summed E-state index contributed by atoms with van der Waals surface area (Å²) in [5.74, 6) is 0.907. The maximum atomic E-state index is 11.8. The number of benzene rings is 1. The topological polar surface area (TPSA) is 39.2 Å². The Morgan fingerprint density at radius 1 is 1.05 bits per heavy atom. The number of hydroxylamine groups is 3. The summed E-state index contributed by atoms with van der Waals surface area (Å²) in [4.78, 5) is 6.54. The van der Waals surface area contributed by atoms with Gasteiger partial charge in [0.25, 0.3) is 0 Å². The van der Waals surface area contributed by atoms with E-state index in [1.54, 1.807) is 20.3 Å². The third-order valence-electron chi connectivity index (χ3n) is 3.10. The van der Waals surface area contributed by atoms with E-state index in [1.165, 1.54) is 5.56 Å². The molecule has 0 amide bonds. The molecule has 0 fully saturated rings. The molecule has 0 aliphatic carbocycles. The molecule has 0 bridgehead atoms. The van der Waals surface area contributed by atoms with Crippen molar-refractivity contribution in [2.24, 2.45) is 0 Å². The first-order chi connectivity index (χ1) is 9.54. The molecule has 0 saturated carbocycles. The molecule has 1 aromatic carbocycles. The molecule has 2 aromatic rings. The molecule has 1 heterocycles. The van der Waals surface area contributed by atoms with Crippen molar-refractivity contribution in [1.29, 1.82) is 0 Å². The summed E-state index contributed by atoms with van der Waals surface area (Å²) >= 11 is 0. The van der Waals surface area contributed by atoms with Gasteiger partial charge in [-0.2, -0.15) is 0 Å². The number of nitrogens with zero attached hydrogens (tertiary/aromatic N) is 3. The van der Waals surface area contributed by atoms with Crippen LogP contribution in [0.2, 0.25) is 0 Å². The van der Waals surface area contributed by atoms with Crippen molar-refractivity contribution in [3.63, 3.8) is 0 Å². The van der Waals surface area contributed by atoms with Crippen LogP contribution >= 0.6 is 0 Å². The lowest BCUT2D eigenvalue weighted by Gasteiger charge is -2.36. The molecule has 20 heavy (non-hydrogen) atoms. The zero-order valence-corrected chi connectivity index (χ0v) is 12.1. The van der Waals surface area contributed by atoms with Crippen molar-refractivity contribution >= 4 is 5.82 Å². The van der Waals surface area contributed by atoms with Crippen LogP contribution in [0.5, 0.6) is 0 Å². The fourth-order valence-corrected chi connectivity index (χ4v) is 1.98. The highest BCUT2D eigenvalue weighted by Gasteiger charge is 2.11. The van der Waals surface area contributed by atoms with Crippen LogP contribution in [-0.4, -0.2) is 36.8 Å². The number of aromatic nitrogens is 1. The largest absolute Gasteiger partial charge is 0.633 e. The monoisotopic (exact) mass is 271 g/mol. The Balaban J connectivity index is 2.12. The average molecular weight is 271 g/mol. The Bertz CT molecular complexity index is 508. The second-order valence-corrected chi connectivity index (χ2v) is 5.39. The Morgan fingerprint density at radius 2 is 1.75 bits per heavy atom. The Kier molecular flexibility index (Phi) is 4.71. The lowest BCUT2D eigenvalue weighted by Crippen LogP contribution is -2.40. The summed E-state index contributed by atoms with van der Waals surface area (Å²) in [7, 11) is 3.33. The standard InChI is InChI=1S/C16H21N3O/c1-19(2,20)13-12-18(16-10-6-7-11-17-16)14-15-8-4-3-5-9-15/h3-11H,12-14H2,1-2H3. The summed E-state index contributed by atoms with van der Waals surface area (Å²) in [6, 6.07) is 16.1. The van der Waals surface area contributed by atoms with E-state index < -0.39 is 0 Å². The third-order valence-corrected chi connectivity index (χ3v) is 3.10. The van der Waals surface area contributed by atoms with Gasteiger partial charge in [-0.3, -0.25) is 0 Å². The molecule has 0 aliphatic heterocycles. The second-order valence-electron chi connectivity index (χ2n) is 5.39. The van der Waals surface area contributed by atoms with E-state index >= 15 is 0 Å². The summed E-state index contributed by atoms with van der Waals surface area (Å²) in [5, 5.41) is 11.8. The maximum absolute atomic E-state index is 11.8. The van der Waals surface area contributed by atoms with Gasteiger partial charge in [-0.15, -0.1) is 0 Å². The molecule has 0 spiro atoms.